The number of H-pyrrole nitrogens is 1. The fraction of sp³-hybridized carbons (Fsp3) is 0.111. The molecule has 2 amide bonds. The van der Waals surface area contributed by atoms with Gasteiger partial charge in [0.05, 0.1) is 25.5 Å². The number of methoxy groups -OCH3 is 1. The SMILES string of the molecule is COc1cc(N(N)C(=O)N(N)Cc2c(F)cccc2F)ccc1-c1cn[nH]c1. The predicted octanol–water partition coefficient (Wildman–Crippen LogP) is 2.54. The van der Waals surface area contributed by atoms with Gasteiger partial charge in [-0.15, -0.1) is 0 Å². The number of hydrogen-bond acceptors (Lipinski definition) is 5. The number of ether oxygens (including phenoxy) is 1. The van der Waals surface area contributed by atoms with Crippen molar-refractivity contribution in [2.24, 2.45) is 11.7 Å². The zero-order valence-electron chi connectivity index (χ0n) is 14.9. The Morgan fingerprint density at radius 2 is 1.93 bits per heavy atom. The Morgan fingerprint density at radius 1 is 1.21 bits per heavy atom. The summed E-state index contributed by atoms with van der Waals surface area (Å²) in [7, 11) is 1.47. The largest absolute Gasteiger partial charge is 0.496 e. The summed E-state index contributed by atoms with van der Waals surface area (Å²) in [5.74, 6) is 10.4. The number of carbonyl (C=O) groups is 1. The highest BCUT2D eigenvalue weighted by Crippen LogP contribution is 2.32. The van der Waals surface area contributed by atoms with Crippen LogP contribution >= 0.6 is 0 Å². The van der Waals surface area contributed by atoms with Crippen LogP contribution in [0.1, 0.15) is 5.56 Å². The van der Waals surface area contributed by atoms with Crippen molar-refractivity contribution in [2.45, 2.75) is 6.54 Å². The number of nitrogens with zero attached hydrogens (tertiary/aromatic N) is 3. The molecular formula is C18H18F2N6O2. The average molecular weight is 388 g/mol. The summed E-state index contributed by atoms with van der Waals surface area (Å²) in [6.07, 6.45) is 3.31. The summed E-state index contributed by atoms with van der Waals surface area (Å²) in [4.78, 5) is 12.5. The third-order valence-electron chi connectivity index (χ3n) is 4.11. The minimum Gasteiger partial charge on any atom is -0.496 e. The van der Waals surface area contributed by atoms with Gasteiger partial charge in [0.2, 0.25) is 0 Å². The first kappa shape index (κ1) is 19.3. The van der Waals surface area contributed by atoms with Gasteiger partial charge >= 0.3 is 6.03 Å². The van der Waals surface area contributed by atoms with Crippen LogP contribution < -0.4 is 21.4 Å². The minimum absolute atomic E-state index is 0.276. The number of rotatable bonds is 5. The number of nitrogens with two attached hydrogens (primary N) is 2. The summed E-state index contributed by atoms with van der Waals surface area (Å²) in [5, 5.41) is 7.97. The van der Waals surface area contributed by atoms with Crippen LogP contribution in [0.4, 0.5) is 19.3 Å². The lowest BCUT2D eigenvalue weighted by molar-refractivity contribution is 0.202. The number of hydrazine groups is 2. The predicted molar refractivity (Wildman–Crippen MR) is 98.7 cm³/mol. The smallest absolute Gasteiger partial charge is 0.353 e. The second-order valence-electron chi connectivity index (χ2n) is 5.85. The maximum Gasteiger partial charge on any atom is 0.353 e. The Kier molecular flexibility index (Phi) is 5.52. The summed E-state index contributed by atoms with van der Waals surface area (Å²) >= 11 is 0. The molecule has 0 aliphatic rings. The van der Waals surface area contributed by atoms with E-state index in [0.717, 1.165) is 28.3 Å². The monoisotopic (exact) mass is 388 g/mol. The van der Waals surface area contributed by atoms with Crippen molar-refractivity contribution in [1.29, 1.82) is 0 Å². The van der Waals surface area contributed by atoms with Crippen LogP contribution in [0.3, 0.4) is 0 Å². The van der Waals surface area contributed by atoms with E-state index >= 15 is 0 Å². The molecule has 1 aromatic heterocycles. The van der Waals surface area contributed by atoms with Gasteiger partial charge in [-0.2, -0.15) is 5.10 Å². The lowest BCUT2D eigenvalue weighted by Gasteiger charge is -2.24. The number of aromatic amines is 1. The third-order valence-corrected chi connectivity index (χ3v) is 4.11. The molecule has 0 bridgehead atoms. The zero-order valence-corrected chi connectivity index (χ0v) is 14.9. The normalized spacial score (nSPS) is 10.6. The quantitative estimate of drug-likeness (QED) is 0.353. The van der Waals surface area contributed by atoms with Crippen LogP contribution in [0.5, 0.6) is 5.75 Å². The number of aromatic nitrogens is 2. The van der Waals surface area contributed by atoms with Crippen molar-refractivity contribution >= 4 is 11.7 Å². The first-order valence-electron chi connectivity index (χ1n) is 8.13. The average Bonchev–Trinajstić information content (AvgIpc) is 3.23. The number of carbonyl (C=O) groups excluding carboxylic acids is 1. The lowest BCUT2D eigenvalue weighted by Crippen LogP contribution is -2.50. The summed E-state index contributed by atoms with van der Waals surface area (Å²) in [5.41, 5.74) is 1.46. The van der Waals surface area contributed by atoms with E-state index in [1.807, 2.05) is 0 Å². The Hall–Kier alpha value is -3.50. The molecule has 0 radical (unpaired) electrons. The molecule has 0 aliphatic carbocycles. The van der Waals surface area contributed by atoms with Crippen molar-refractivity contribution in [3.63, 3.8) is 0 Å². The third kappa shape index (κ3) is 3.77. The van der Waals surface area contributed by atoms with Crippen LogP contribution in [0, 0.1) is 11.6 Å². The van der Waals surface area contributed by atoms with Crippen molar-refractivity contribution < 1.29 is 18.3 Å². The number of nitrogens with one attached hydrogen (secondary N) is 1. The van der Waals surface area contributed by atoms with Crippen molar-refractivity contribution in [1.82, 2.24) is 15.2 Å². The van der Waals surface area contributed by atoms with E-state index in [9.17, 15) is 13.6 Å². The van der Waals surface area contributed by atoms with Gasteiger partial charge in [0.25, 0.3) is 0 Å². The van der Waals surface area contributed by atoms with Crippen LogP contribution in [0.2, 0.25) is 0 Å². The van der Waals surface area contributed by atoms with Gasteiger partial charge in [-0.1, -0.05) is 6.07 Å². The van der Waals surface area contributed by atoms with Gasteiger partial charge in [0.1, 0.15) is 17.4 Å². The molecule has 0 saturated carbocycles. The van der Waals surface area contributed by atoms with Gasteiger partial charge < -0.3 is 4.74 Å². The van der Waals surface area contributed by atoms with Gasteiger partial charge in [0.15, 0.2) is 0 Å². The lowest BCUT2D eigenvalue weighted by atomic mass is 10.1. The maximum absolute atomic E-state index is 13.8. The van der Waals surface area contributed by atoms with Crippen LogP contribution in [0.25, 0.3) is 11.1 Å². The molecule has 28 heavy (non-hydrogen) atoms. The first-order valence-corrected chi connectivity index (χ1v) is 8.13. The van der Waals surface area contributed by atoms with Gasteiger partial charge in [-0.25, -0.2) is 30.3 Å². The highest BCUT2D eigenvalue weighted by molar-refractivity contribution is 5.91. The van der Waals surface area contributed by atoms with Crippen molar-refractivity contribution in [2.75, 3.05) is 12.1 Å². The molecule has 0 fully saturated rings. The summed E-state index contributed by atoms with van der Waals surface area (Å²) < 4.78 is 32.9. The number of anilines is 1. The zero-order chi connectivity index (χ0) is 20.3. The Balaban J connectivity index is 1.81. The topological polar surface area (TPSA) is 114 Å². The fourth-order valence-electron chi connectivity index (χ4n) is 2.64. The number of amides is 2. The van der Waals surface area contributed by atoms with Gasteiger partial charge in [-0.05, 0) is 24.3 Å². The minimum atomic E-state index is -0.860. The second kappa shape index (κ2) is 8.03. The highest BCUT2D eigenvalue weighted by atomic mass is 19.1. The maximum atomic E-state index is 13.8. The molecule has 8 nitrogen and oxygen atoms in total. The van der Waals surface area contributed by atoms with E-state index in [1.165, 1.54) is 19.2 Å². The molecular weight excluding hydrogens is 370 g/mol. The molecule has 3 aromatic rings. The van der Waals surface area contributed by atoms with Gasteiger partial charge in [-0.3, -0.25) is 10.1 Å². The Labute approximate surface area is 159 Å². The number of hydrogen-bond donors (Lipinski definition) is 3. The van der Waals surface area contributed by atoms with E-state index in [2.05, 4.69) is 10.2 Å². The summed E-state index contributed by atoms with van der Waals surface area (Å²) in [6, 6.07) is 7.34. The van der Waals surface area contributed by atoms with E-state index < -0.39 is 24.2 Å². The molecule has 146 valence electrons. The molecule has 0 atom stereocenters. The molecule has 2 aromatic carbocycles. The molecule has 5 N–H and O–H groups in total. The fourth-order valence-corrected chi connectivity index (χ4v) is 2.64. The highest BCUT2D eigenvalue weighted by Gasteiger charge is 2.21. The Bertz CT molecular complexity index is 960. The molecule has 0 saturated heterocycles. The molecule has 0 unspecified atom stereocenters. The van der Waals surface area contributed by atoms with E-state index in [1.54, 1.807) is 24.5 Å². The van der Waals surface area contributed by atoms with Gasteiger partial charge in [0, 0.05) is 29.0 Å². The number of urea groups is 1. The van der Waals surface area contributed by atoms with Crippen LogP contribution in [-0.2, 0) is 6.54 Å². The van der Waals surface area contributed by atoms with Crippen molar-refractivity contribution in [3.05, 3.63) is 66.0 Å². The second-order valence-corrected chi connectivity index (χ2v) is 5.85. The van der Waals surface area contributed by atoms with Crippen molar-refractivity contribution in [3.8, 4) is 16.9 Å². The molecule has 0 aliphatic heterocycles. The van der Waals surface area contributed by atoms with Crippen LogP contribution in [0.15, 0.2) is 48.8 Å². The van der Waals surface area contributed by atoms with Crippen LogP contribution in [-0.4, -0.2) is 28.3 Å². The number of benzene rings is 2. The standard InChI is InChI=1S/C18H18F2N6O2/c1-28-17-7-12(5-6-13(17)11-8-23-24-9-11)26(22)18(27)25(21)10-14-15(19)3-2-4-16(14)20/h2-9H,10,21-22H2,1H3,(H,23,24). The molecule has 3 rings (SSSR count). The number of halogens is 2. The van der Waals surface area contributed by atoms with E-state index in [-0.39, 0.29) is 11.3 Å². The first-order chi connectivity index (χ1) is 13.4. The van der Waals surface area contributed by atoms with E-state index in [0.29, 0.717) is 10.8 Å². The molecule has 1 heterocycles. The molecule has 0 spiro atoms. The molecule has 10 heteroatoms. The Morgan fingerprint density at radius 3 is 2.54 bits per heavy atom. The summed E-state index contributed by atoms with van der Waals surface area (Å²) in [6.45, 7) is -0.491. The van der Waals surface area contributed by atoms with E-state index in [4.69, 9.17) is 16.4 Å².